The molecule has 0 aromatic carbocycles. The maximum atomic E-state index is 13.3. The van der Waals surface area contributed by atoms with Crippen molar-refractivity contribution in [1.82, 2.24) is 9.13 Å². The highest BCUT2D eigenvalue weighted by atomic mass is 32.1. The van der Waals surface area contributed by atoms with E-state index in [9.17, 15) is 40.7 Å². The zero-order chi connectivity index (χ0) is 26.2. The van der Waals surface area contributed by atoms with Gasteiger partial charge in [0.2, 0.25) is 0 Å². The average molecular weight is 515 g/mol. The van der Waals surface area contributed by atoms with Crippen molar-refractivity contribution in [3.05, 3.63) is 31.3 Å². The SMILES string of the molecule is Cc1c(C=NCC(=O)OC(C)(C)C)sc2c1c(=O)n(C(C)C(F)(F)F)c(=O)n2CCC(F)(F)F. The molecule has 0 amide bonds. The van der Waals surface area contributed by atoms with Gasteiger partial charge in [0, 0.05) is 12.8 Å². The number of nitrogens with zero attached hydrogens (tertiary/aromatic N) is 3. The lowest BCUT2D eigenvalue weighted by Crippen LogP contribution is -2.45. The molecule has 0 saturated carbocycles. The highest BCUT2D eigenvalue weighted by Crippen LogP contribution is 2.31. The Morgan fingerprint density at radius 2 is 1.74 bits per heavy atom. The van der Waals surface area contributed by atoms with E-state index in [1.54, 1.807) is 20.8 Å². The third-order valence-electron chi connectivity index (χ3n) is 4.61. The Bertz CT molecular complexity index is 1220. The monoisotopic (exact) mass is 515 g/mol. The van der Waals surface area contributed by atoms with Gasteiger partial charge in [-0.3, -0.25) is 19.1 Å². The van der Waals surface area contributed by atoms with Crippen LogP contribution in [0.4, 0.5) is 26.3 Å². The van der Waals surface area contributed by atoms with Gasteiger partial charge in [0.25, 0.3) is 5.56 Å². The van der Waals surface area contributed by atoms with Crippen molar-refractivity contribution in [2.45, 2.75) is 71.6 Å². The van der Waals surface area contributed by atoms with E-state index in [-0.39, 0.29) is 25.2 Å². The molecule has 1 unspecified atom stereocenters. The van der Waals surface area contributed by atoms with Crippen molar-refractivity contribution in [2.24, 2.45) is 4.99 Å². The third kappa shape index (κ3) is 6.48. The number of rotatable bonds is 6. The Kier molecular flexibility index (Phi) is 7.75. The van der Waals surface area contributed by atoms with Gasteiger partial charge in [-0.15, -0.1) is 11.3 Å². The number of aryl methyl sites for hydroxylation is 2. The molecular formula is C20H23F6N3O4S. The second kappa shape index (κ2) is 9.55. The minimum Gasteiger partial charge on any atom is -0.459 e. The lowest BCUT2D eigenvalue weighted by atomic mass is 10.2. The number of thiophene rings is 1. The second-order valence-electron chi connectivity index (χ2n) is 8.52. The molecule has 14 heteroatoms. The van der Waals surface area contributed by atoms with Gasteiger partial charge in [-0.2, -0.15) is 26.3 Å². The van der Waals surface area contributed by atoms with E-state index in [4.69, 9.17) is 4.74 Å². The standard InChI is InChI=1S/C20H23F6N3O4S/c1-10-12(8-27-9-13(30)33-18(3,4)5)34-16-14(10)15(31)29(11(2)20(24,25)26)17(32)28(16)7-6-19(21,22)23/h8,11H,6-7,9H2,1-5H3. The summed E-state index contributed by atoms with van der Waals surface area (Å²) in [4.78, 5) is 41.3. The van der Waals surface area contributed by atoms with Crippen LogP contribution in [0.2, 0.25) is 0 Å². The van der Waals surface area contributed by atoms with Crippen LogP contribution >= 0.6 is 11.3 Å². The fourth-order valence-electron chi connectivity index (χ4n) is 3.01. The topological polar surface area (TPSA) is 82.7 Å². The summed E-state index contributed by atoms with van der Waals surface area (Å²) in [5.74, 6) is -0.661. The molecule has 0 aliphatic rings. The number of carbonyl (C=O) groups excluding carboxylic acids is 1. The van der Waals surface area contributed by atoms with Crippen LogP contribution in [0.1, 0.15) is 50.6 Å². The minimum atomic E-state index is -4.99. The van der Waals surface area contributed by atoms with Crippen LogP contribution in [0.3, 0.4) is 0 Å². The molecule has 1 atom stereocenters. The largest absolute Gasteiger partial charge is 0.459 e. The van der Waals surface area contributed by atoms with Crippen molar-refractivity contribution in [2.75, 3.05) is 6.54 Å². The quantitative estimate of drug-likeness (QED) is 0.325. The number of hydrogen-bond donors (Lipinski definition) is 0. The number of aliphatic imine (C=N–C) groups is 1. The number of ether oxygens (including phenoxy) is 1. The third-order valence-corrected chi connectivity index (χ3v) is 5.86. The van der Waals surface area contributed by atoms with Crippen LogP contribution in [0.15, 0.2) is 14.6 Å². The number of halogens is 6. The highest BCUT2D eigenvalue weighted by Gasteiger charge is 2.40. The molecule has 190 valence electrons. The van der Waals surface area contributed by atoms with Crippen molar-refractivity contribution in [3.63, 3.8) is 0 Å². The number of esters is 1. The highest BCUT2D eigenvalue weighted by molar-refractivity contribution is 7.20. The molecule has 0 bridgehead atoms. The summed E-state index contributed by atoms with van der Waals surface area (Å²) in [7, 11) is 0. The number of carbonyl (C=O) groups is 1. The Morgan fingerprint density at radius 3 is 2.24 bits per heavy atom. The Balaban J connectivity index is 2.65. The molecular weight excluding hydrogens is 492 g/mol. The second-order valence-corrected chi connectivity index (χ2v) is 9.55. The van der Waals surface area contributed by atoms with Crippen LogP contribution in [0.5, 0.6) is 0 Å². The maximum absolute atomic E-state index is 13.3. The van der Waals surface area contributed by atoms with Crippen molar-refractivity contribution in [1.29, 1.82) is 0 Å². The molecule has 0 saturated heterocycles. The van der Waals surface area contributed by atoms with Gasteiger partial charge in [0.1, 0.15) is 23.0 Å². The smallest absolute Gasteiger partial charge is 0.409 e. The summed E-state index contributed by atoms with van der Waals surface area (Å²) in [6.07, 6.45) is -9.99. The van der Waals surface area contributed by atoms with Crippen LogP contribution in [0, 0.1) is 6.92 Å². The van der Waals surface area contributed by atoms with Gasteiger partial charge in [-0.1, -0.05) is 0 Å². The van der Waals surface area contributed by atoms with Crippen molar-refractivity contribution >= 4 is 33.7 Å². The Hall–Kier alpha value is -2.64. The zero-order valence-corrected chi connectivity index (χ0v) is 19.7. The predicted molar refractivity (Wildman–Crippen MR) is 115 cm³/mol. The lowest BCUT2D eigenvalue weighted by molar-refractivity contribution is -0.164. The van der Waals surface area contributed by atoms with E-state index in [2.05, 4.69) is 4.99 Å². The van der Waals surface area contributed by atoms with E-state index < -0.39 is 60.7 Å². The Labute approximate surface area is 193 Å². The fraction of sp³-hybridized carbons (Fsp3) is 0.600. The van der Waals surface area contributed by atoms with Gasteiger partial charge in [0.15, 0.2) is 0 Å². The van der Waals surface area contributed by atoms with Crippen LogP contribution < -0.4 is 11.2 Å². The molecule has 0 aliphatic heterocycles. The molecule has 2 aromatic heterocycles. The summed E-state index contributed by atoms with van der Waals surface area (Å²) < 4.78 is 83.9. The zero-order valence-electron chi connectivity index (χ0n) is 18.9. The first kappa shape index (κ1) is 27.6. The summed E-state index contributed by atoms with van der Waals surface area (Å²) in [5.41, 5.74) is -3.39. The van der Waals surface area contributed by atoms with Gasteiger partial charge in [-0.05, 0) is 40.2 Å². The average Bonchev–Trinajstić information content (AvgIpc) is 2.95. The van der Waals surface area contributed by atoms with Crippen LogP contribution in [-0.4, -0.2) is 45.8 Å². The molecule has 34 heavy (non-hydrogen) atoms. The summed E-state index contributed by atoms with van der Waals surface area (Å²) >= 11 is 0.722. The van der Waals surface area contributed by atoms with E-state index in [1.165, 1.54) is 13.1 Å². The van der Waals surface area contributed by atoms with Crippen molar-refractivity contribution in [3.8, 4) is 0 Å². The van der Waals surface area contributed by atoms with E-state index >= 15 is 0 Å². The number of alkyl halides is 6. The number of aromatic nitrogens is 2. The molecule has 2 rings (SSSR count). The molecule has 0 aliphatic carbocycles. The molecule has 0 N–H and O–H groups in total. The normalized spacial score (nSPS) is 14.2. The molecule has 0 spiro atoms. The minimum absolute atomic E-state index is 0.0833. The van der Waals surface area contributed by atoms with E-state index in [1.807, 2.05) is 0 Å². The van der Waals surface area contributed by atoms with Crippen LogP contribution in [0.25, 0.3) is 10.2 Å². The Morgan fingerprint density at radius 1 is 1.15 bits per heavy atom. The van der Waals surface area contributed by atoms with E-state index in [0.717, 1.165) is 11.3 Å². The molecule has 0 fully saturated rings. The molecule has 2 aromatic rings. The lowest BCUT2D eigenvalue weighted by Gasteiger charge is -2.20. The first-order chi connectivity index (χ1) is 15.3. The van der Waals surface area contributed by atoms with Gasteiger partial charge < -0.3 is 4.74 Å². The van der Waals surface area contributed by atoms with Crippen LogP contribution in [-0.2, 0) is 16.1 Å². The molecule has 2 heterocycles. The molecule has 7 nitrogen and oxygen atoms in total. The fourth-order valence-corrected chi connectivity index (χ4v) is 4.22. The van der Waals surface area contributed by atoms with E-state index in [0.29, 0.717) is 11.5 Å². The van der Waals surface area contributed by atoms with Gasteiger partial charge >= 0.3 is 24.0 Å². The summed E-state index contributed by atoms with van der Waals surface area (Å²) in [6, 6.07) is -2.56. The van der Waals surface area contributed by atoms with Gasteiger partial charge in [-0.25, -0.2) is 9.36 Å². The first-order valence-electron chi connectivity index (χ1n) is 9.97. The predicted octanol–water partition coefficient (Wildman–Crippen LogP) is 4.37. The van der Waals surface area contributed by atoms with Gasteiger partial charge in [0.05, 0.1) is 16.7 Å². The molecule has 0 radical (unpaired) electrons. The summed E-state index contributed by atoms with van der Waals surface area (Å²) in [5, 5.41) is -0.318. The maximum Gasteiger partial charge on any atom is 0.409 e. The number of fused-ring (bicyclic) bond motifs is 1. The first-order valence-corrected chi connectivity index (χ1v) is 10.8. The van der Waals surface area contributed by atoms with Crippen molar-refractivity contribution < 1.29 is 35.9 Å². The number of hydrogen-bond acceptors (Lipinski definition) is 6. The summed E-state index contributed by atoms with van der Waals surface area (Å²) in [6.45, 7) is 5.52.